The summed E-state index contributed by atoms with van der Waals surface area (Å²) in [5.74, 6) is 0.917. The molecule has 0 bridgehead atoms. The summed E-state index contributed by atoms with van der Waals surface area (Å²) in [6.07, 6.45) is 4.96. The third-order valence-corrected chi connectivity index (χ3v) is 4.73. The molecule has 0 fully saturated rings. The second-order valence-corrected chi connectivity index (χ2v) is 6.85. The first kappa shape index (κ1) is 18.6. The normalized spacial score (nSPS) is 11.8. The highest BCUT2D eigenvalue weighted by atomic mass is 32.2. The fourth-order valence-electron chi connectivity index (χ4n) is 2.27. The molecule has 0 spiro atoms. The van der Waals surface area contributed by atoms with E-state index in [1.54, 1.807) is 31.6 Å². The quantitative estimate of drug-likeness (QED) is 0.622. The largest absolute Gasteiger partial charge is 0.467 e. The van der Waals surface area contributed by atoms with Crippen LogP contribution in [0, 0.1) is 0 Å². The molecule has 140 valence electrons. The molecule has 0 unspecified atom stereocenters. The average Bonchev–Trinajstić information content (AvgIpc) is 3.33. The SMILES string of the molecule is CNC(=O)NC(=O)[C@@H](C)Sc1nnc(-c2cccnc2)n1Cc1ccco1. The molecule has 3 amide bonds. The van der Waals surface area contributed by atoms with Crippen molar-refractivity contribution in [1.82, 2.24) is 30.4 Å². The Bertz CT molecular complexity index is 910. The third-order valence-electron chi connectivity index (χ3n) is 3.65. The Morgan fingerprint density at radius 2 is 2.15 bits per heavy atom. The minimum absolute atomic E-state index is 0.399. The van der Waals surface area contributed by atoms with Gasteiger partial charge in [-0.2, -0.15) is 0 Å². The monoisotopic (exact) mass is 386 g/mol. The Kier molecular flexibility index (Phi) is 5.87. The summed E-state index contributed by atoms with van der Waals surface area (Å²) in [6.45, 7) is 2.09. The van der Waals surface area contributed by atoms with E-state index >= 15 is 0 Å². The maximum Gasteiger partial charge on any atom is 0.321 e. The Morgan fingerprint density at radius 3 is 2.81 bits per heavy atom. The Morgan fingerprint density at radius 1 is 1.30 bits per heavy atom. The number of hydrogen-bond donors (Lipinski definition) is 2. The smallest absolute Gasteiger partial charge is 0.321 e. The topological polar surface area (TPSA) is 115 Å². The van der Waals surface area contributed by atoms with Crippen LogP contribution in [0.4, 0.5) is 4.79 Å². The van der Waals surface area contributed by atoms with Gasteiger partial charge in [-0.15, -0.1) is 10.2 Å². The van der Waals surface area contributed by atoms with Gasteiger partial charge in [-0.25, -0.2) is 4.79 Å². The van der Waals surface area contributed by atoms with Crippen molar-refractivity contribution in [2.24, 2.45) is 0 Å². The standard InChI is InChI=1S/C17H18N6O3S/c1-11(15(24)20-16(25)18-2)27-17-22-21-14(12-5-3-7-19-9-12)23(17)10-13-6-4-8-26-13/h3-9,11H,10H2,1-2H3,(H2,18,20,24,25)/t11-/m1/s1. The summed E-state index contributed by atoms with van der Waals surface area (Å²) < 4.78 is 7.29. The number of furan rings is 1. The van der Waals surface area contributed by atoms with E-state index in [0.29, 0.717) is 17.5 Å². The highest BCUT2D eigenvalue weighted by Crippen LogP contribution is 2.27. The van der Waals surface area contributed by atoms with E-state index < -0.39 is 17.2 Å². The lowest BCUT2D eigenvalue weighted by atomic mass is 10.2. The van der Waals surface area contributed by atoms with Crippen LogP contribution in [0.5, 0.6) is 0 Å². The second kappa shape index (κ2) is 8.49. The molecule has 3 heterocycles. The van der Waals surface area contributed by atoms with Gasteiger partial charge in [-0.3, -0.25) is 19.7 Å². The predicted octanol–water partition coefficient (Wildman–Crippen LogP) is 1.92. The fraction of sp³-hybridized carbons (Fsp3) is 0.235. The molecule has 0 aliphatic carbocycles. The number of hydrogen-bond acceptors (Lipinski definition) is 7. The number of aromatic nitrogens is 4. The van der Waals surface area contributed by atoms with Crippen LogP contribution in [-0.2, 0) is 11.3 Å². The molecule has 3 aromatic heterocycles. The molecule has 0 saturated carbocycles. The number of pyridine rings is 1. The van der Waals surface area contributed by atoms with Crippen molar-refractivity contribution < 1.29 is 14.0 Å². The number of nitrogens with one attached hydrogen (secondary N) is 2. The number of carbonyl (C=O) groups is 2. The van der Waals surface area contributed by atoms with Gasteiger partial charge in [-0.1, -0.05) is 11.8 Å². The summed E-state index contributed by atoms with van der Waals surface area (Å²) in [5.41, 5.74) is 0.797. The van der Waals surface area contributed by atoms with Gasteiger partial charge in [0.05, 0.1) is 18.1 Å². The van der Waals surface area contributed by atoms with Gasteiger partial charge in [-0.05, 0) is 31.2 Å². The second-order valence-electron chi connectivity index (χ2n) is 5.54. The van der Waals surface area contributed by atoms with Crippen LogP contribution in [0.15, 0.2) is 52.5 Å². The van der Waals surface area contributed by atoms with Crippen LogP contribution in [-0.4, -0.2) is 44.0 Å². The summed E-state index contributed by atoms with van der Waals surface area (Å²) in [6, 6.07) is 6.79. The molecular formula is C17H18N6O3S. The van der Waals surface area contributed by atoms with Gasteiger partial charge in [0.2, 0.25) is 5.91 Å². The molecule has 0 saturated heterocycles. The number of carbonyl (C=O) groups excluding carboxylic acids is 2. The van der Waals surface area contributed by atoms with Crippen molar-refractivity contribution in [2.75, 3.05) is 7.05 Å². The number of amides is 3. The number of nitrogens with zero attached hydrogens (tertiary/aromatic N) is 4. The van der Waals surface area contributed by atoms with E-state index in [4.69, 9.17) is 4.42 Å². The van der Waals surface area contributed by atoms with Crippen LogP contribution in [0.2, 0.25) is 0 Å². The molecule has 27 heavy (non-hydrogen) atoms. The minimum Gasteiger partial charge on any atom is -0.467 e. The van der Waals surface area contributed by atoms with E-state index in [1.165, 1.54) is 18.8 Å². The van der Waals surface area contributed by atoms with Crippen LogP contribution in [0.3, 0.4) is 0 Å². The molecule has 2 N–H and O–H groups in total. The van der Waals surface area contributed by atoms with Crippen molar-refractivity contribution in [3.8, 4) is 11.4 Å². The predicted molar refractivity (Wildman–Crippen MR) is 99.0 cm³/mol. The molecule has 1 atom stereocenters. The summed E-state index contributed by atoms with van der Waals surface area (Å²) >= 11 is 1.20. The summed E-state index contributed by atoms with van der Waals surface area (Å²) in [7, 11) is 1.45. The number of urea groups is 1. The molecule has 0 aromatic carbocycles. The van der Waals surface area contributed by atoms with Gasteiger partial charge in [0.1, 0.15) is 5.76 Å². The highest BCUT2D eigenvalue weighted by Gasteiger charge is 2.22. The number of thioether (sulfide) groups is 1. The first-order valence-corrected chi connectivity index (χ1v) is 9.01. The van der Waals surface area contributed by atoms with Crippen LogP contribution < -0.4 is 10.6 Å². The zero-order valence-electron chi connectivity index (χ0n) is 14.7. The van der Waals surface area contributed by atoms with Crippen molar-refractivity contribution in [1.29, 1.82) is 0 Å². The number of rotatable bonds is 6. The van der Waals surface area contributed by atoms with Gasteiger partial charge in [0, 0.05) is 25.0 Å². The molecule has 3 rings (SSSR count). The van der Waals surface area contributed by atoms with Gasteiger partial charge in [0.25, 0.3) is 0 Å². The summed E-state index contributed by atoms with van der Waals surface area (Å²) in [5, 5.41) is 13.1. The Balaban J connectivity index is 1.87. The lowest BCUT2D eigenvalue weighted by molar-refractivity contribution is -0.119. The van der Waals surface area contributed by atoms with Gasteiger partial charge < -0.3 is 9.73 Å². The maximum atomic E-state index is 12.1. The average molecular weight is 386 g/mol. The third kappa shape index (κ3) is 4.53. The fourth-order valence-corrected chi connectivity index (χ4v) is 3.12. The number of imide groups is 1. The van der Waals surface area contributed by atoms with E-state index in [9.17, 15) is 9.59 Å². The maximum absolute atomic E-state index is 12.1. The molecule has 0 aliphatic rings. The Hall–Kier alpha value is -3.14. The van der Waals surface area contributed by atoms with Gasteiger partial charge >= 0.3 is 6.03 Å². The zero-order chi connectivity index (χ0) is 19.2. The van der Waals surface area contributed by atoms with Gasteiger partial charge in [0.15, 0.2) is 11.0 Å². The lowest BCUT2D eigenvalue weighted by Crippen LogP contribution is -2.41. The highest BCUT2D eigenvalue weighted by molar-refractivity contribution is 8.00. The van der Waals surface area contributed by atoms with E-state index in [-0.39, 0.29) is 0 Å². The first-order chi connectivity index (χ1) is 13.1. The molecule has 3 aromatic rings. The zero-order valence-corrected chi connectivity index (χ0v) is 15.6. The minimum atomic E-state index is -0.555. The van der Waals surface area contributed by atoms with Crippen molar-refractivity contribution >= 4 is 23.7 Å². The molecular weight excluding hydrogens is 368 g/mol. The molecule has 10 heteroatoms. The van der Waals surface area contributed by atoms with E-state index in [0.717, 1.165) is 11.3 Å². The lowest BCUT2D eigenvalue weighted by Gasteiger charge is -2.12. The molecule has 9 nitrogen and oxygen atoms in total. The van der Waals surface area contributed by atoms with Crippen molar-refractivity contribution in [2.45, 2.75) is 23.9 Å². The molecule has 0 aliphatic heterocycles. The van der Waals surface area contributed by atoms with Crippen LogP contribution >= 0.6 is 11.8 Å². The molecule has 0 radical (unpaired) electrons. The van der Waals surface area contributed by atoms with Crippen molar-refractivity contribution in [3.05, 3.63) is 48.7 Å². The Labute approximate surface area is 159 Å². The van der Waals surface area contributed by atoms with E-state index in [1.807, 2.05) is 22.8 Å². The first-order valence-electron chi connectivity index (χ1n) is 8.13. The van der Waals surface area contributed by atoms with Crippen molar-refractivity contribution in [3.63, 3.8) is 0 Å². The van der Waals surface area contributed by atoms with E-state index in [2.05, 4.69) is 25.8 Å². The van der Waals surface area contributed by atoms with Crippen LogP contribution in [0.25, 0.3) is 11.4 Å². The van der Waals surface area contributed by atoms with Crippen LogP contribution in [0.1, 0.15) is 12.7 Å². The summed E-state index contributed by atoms with van der Waals surface area (Å²) in [4.78, 5) is 27.6.